The van der Waals surface area contributed by atoms with Crippen LogP contribution < -0.4 is 9.47 Å². The molecule has 0 fully saturated rings. The molecular formula is C22H23Cl2F3O2. The Morgan fingerprint density at radius 1 is 0.966 bits per heavy atom. The van der Waals surface area contributed by atoms with Gasteiger partial charge >= 0.3 is 6.18 Å². The highest BCUT2D eigenvalue weighted by Gasteiger charge is 2.35. The van der Waals surface area contributed by atoms with Crippen molar-refractivity contribution in [3.8, 4) is 17.2 Å². The molecule has 0 saturated heterocycles. The molecule has 0 aromatic heterocycles. The zero-order valence-electron chi connectivity index (χ0n) is 16.6. The van der Waals surface area contributed by atoms with Gasteiger partial charge in [0.05, 0.1) is 0 Å². The van der Waals surface area contributed by atoms with Gasteiger partial charge in [0.1, 0.15) is 33.9 Å². The van der Waals surface area contributed by atoms with Gasteiger partial charge in [-0.2, -0.15) is 13.2 Å². The van der Waals surface area contributed by atoms with Crippen molar-refractivity contribution in [2.75, 3.05) is 6.61 Å². The normalized spacial score (nSPS) is 11.7. The SMILES string of the molecule is CC(C)c1ccc(Oc2ccc(OCC=C(Cl)Cl)c(C(F)(F)F)c2)c(C(C)C)c1. The fraction of sp³-hybridized carbons (Fsp3) is 0.364. The summed E-state index contributed by atoms with van der Waals surface area (Å²) in [6, 6.07) is 9.37. The molecule has 0 atom stereocenters. The second-order valence-corrected chi connectivity index (χ2v) is 8.18. The van der Waals surface area contributed by atoms with Gasteiger partial charge in [-0.25, -0.2) is 0 Å². The minimum Gasteiger partial charge on any atom is -0.489 e. The maximum atomic E-state index is 13.5. The number of alkyl halides is 3. The first-order valence-electron chi connectivity index (χ1n) is 9.16. The standard InChI is InChI=1S/C22H23Cl2F3O2/c1-13(2)15-5-7-19(17(11-15)14(3)4)29-16-6-8-20(28-10-9-21(23)24)18(12-16)22(25,26)27/h5-9,11-14H,10H2,1-4H3. The molecule has 2 nitrogen and oxygen atoms in total. The minimum absolute atomic E-state index is 0.0785. The van der Waals surface area contributed by atoms with E-state index >= 15 is 0 Å². The van der Waals surface area contributed by atoms with Crippen LogP contribution >= 0.6 is 23.2 Å². The van der Waals surface area contributed by atoms with E-state index in [9.17, 15) is 13.2 Å². The lowest BCUT2D eigenvalue weighted by molar-refractivity contribution is -0.139. The van der Waals surface area contributed by atoms with E-state index < -0.39 is 11.7 Å². The van der Waals surface area contributed by atoms with Gasteiger partial charge in [0, 0.05) is 0 Å². The van der Waals surface area contributed by atoms with Crippen molar-refractivity contribution < 1.29 is 22.6 Å². The molecule has 158 valence electrons. The average molecular weight is 447 g/mol. The van der Waals surface area contributed by atoms with E-state index in [1.54, 1.807) is 6.07 Å². The Balaban J connectivity index is 2.37. The topological polar surface area (TPSA) is 18.5 Å². The third-order valence-corrected chi connectivity index (χ3v) is 4.59. The van der Waals surface area contributed by atoms with Crippen LogP contribution in [-0.2, 0) is 6.18 Å². The van der Waals surface area contributed by atoms with Crippen LogP contribution in [0.5, 0.6) is 17.2 Å². The second-order valence-electron chi connectivity index (χ2n) is 7.17. The summed E-state index contributed by atoms with van der Waals surface area (Å²) in [5, 5.41) is 0. The maximum absolute atomic E-state index is 13.5. The van der Waals surface area contributed by atoms with Crippen molar-refractivity contribution in [2.24, 2.45) is 0 Å². The number of hydrogen-bond acceptors (Lipinski definition) is 2. The molecular weight excluding hydrogens is 424 g/mol. The van der Waals surface area contributed by atoms with Crippen molar-refractivity contribution in [3.05, 3.63) is 63.7 Å². The van der Waals surface area contributed by atoms with E-state index in [-0.39, 0.29) is 28.5 Å². The highest BCUT2D eigenvalue weighted by molar-refractivity contribution is 6.55. The molecule has 7 heteroatoms. The molecule has 0 heterocycles. The lowest BCUT2D eigenvalue weighted by Gasteiger charge is -2.18. The Labute approximate surface area is 179 Å². The summed E-state index contributed by atoms with van der Waals surface area (Å²) in [4.78, 5) is 0. The van der Waals surface area contributed by atoms with Crippen LogP contribution in [0.25, 0.3) is 0 Å². The molecule has 0 spiro atoms. The molecule has 0 aliphatic rings. The summed E-state index contributed by atoms with van der Waals surface area (Å²) >= 11 is 10.9. The van der Waals surface area contributed by atoms with Crippen molar-refractivity contribution in [2.45, 2.75) is 45.7 Å². The van der Waals surface area contributed by atoms with E-state index in [4.69, 9.17) is 32.7 Å². The first kappa shape index (κ1) is 23.4. The average Bonchev–Trinajstić information content (AvgIpc) is 2.61. The number of rotatable bonds is 7. The molecule has 29 heavy (non-hydrogen) atoms. The van der Waals surface area contributed by atoms with Crippen LogP contribution in [0.2, 0.25) is 0 Å². The van der Waals surface area contributed by atoms with Crippen molar-refractivity contribution in [3.63, 3.8) is 0 Å². The molecule has 0 saturated carbocycles. The van der Waals surface area contributed by atoms with Crippen LogP contribution in [0, 0.1) is 0 Å². The largest absolute Gasteiger partial charge is 0.489 e. The van der Waals surface area contributed by atoms with E-state index in [0.29, 0.717) is 11.7 Å². The van der Waals surface area contributed by atoms with E-state index in [0.717, 1.165) is 17.2 Å². The third kappa shape index (κ3) is 6.58. The Morgan fingerprint density at radius 3 is 2.17 bits per heavy atom. The fourth-order valence-corrected chi connectivity index (χ4v) is 2.84. The molecule has 2 aromatic rings. The van der Waals surface area contributed by atoms with Gasteiger partial charge in [0.2, 0.25) is 0 Å². The number of ether oxygens (including phenoxy) is 2. The lowest BCUT2D eigenvalue weighted by Crippen LogP contribution is -2.09. The quantitative estimate of drug-likeness (QED) is 0.424. The van der Waals surface area contributed by atoms with E-state index in [2.05, 4.69) is 13.8 Å². The first-order chi connectivity index (χ1) is 13.5. The molecule has 2 aromatic carbocycles. The van der Waals surface area contributed by atoms with Crippen LogP contribution in [-0.4, -0.2) is 6.61 Å². The van der Waals surface area contributed by atoms with Gasteiger partial charge in [-0.3, -0.25) is 0 Å². The summed E-state index contributed by atoms with van der Waals surface area (Å²) in [5.41, 5.74) is 1.15. The van der Waals surface area contributed by atoms with Gasteiger partial charge in [0.15, 0.2) is 0 Å². The first-order valence-corrected chi connectivity index (χ1v) is 9.91. The Hall–Kier alpha value is -1.85. The predicted octanol–water partition coefficient (Wildman–Crippen LogP) is 8.44. The number of hydrogen-bond donors (Lipinski definition) is 0. The minimum atomic E-state index is -4.61. The van der Waals surface area contributed by atoms with Crippen LogP contribution in [0.4, 0.5) is 13.2 Å². The highest BCUT2D eigenvalue weighted by Crippen LogP contribution is 2.40. The molecule has 0 aliphatic carbocycles. The van der Waals surface area contributed by atoms with Gasteiger partial charge in [-0.1, -0.05) is 63.0 Å². The van der Waals surface area contributed by atoms with Crippen LogP contribution in [0.3, 0.4) is 0 Å². The summed E-state index contributed by atoms with van der Waals surface area (Å²) in [6.07, 6.45) is -3.34. The van der Waals surface area contributed by atoms with Gasteiger partial charge in [0.25, 0.3) is 0 Å². The third-order valence-electron chi connectivity index (χ3n) is 4.28. The Bertz CT molecular complexity index is 871. The molecule has 2 rings (SSSR count). The predicted molar refractivity (Wildman–Crippen MR) is 111 cm³/mol. The van der Waals surface area contributed by atoms with E-state index in [1.807, 2.05) is 26.0 Å². The van der Waals surface area contributed by atoms with Crippen LogP contribution in [0.15, 0.2) is 47.0 Å². The number of benzene rings is 2. The Morgan fingerprint density at radius 2 is 1.62 bits per heavy atom. The zero-order chi connectivity index (χ0) is 21.8. The molecule has 0 unspecified atom stereocenters. The lowest BCUT2D eigenvalue weighted by atomic mass is 9.95. The van der Waals surface area contributed by atoms with Crippen LogP contribution in [0.1, 0.15) is 56.2 Å². The summed E-state index contributed by atoms with van der Waals surface area (Å²) in [5.74, 6) is 0.776. The Kier molecular flexibility index (Phi) is 7.89. The smallest absolute Gasteiger partial charge is 0.420 e. The highest BCUT2D eigenvalue weighted by atomic mass is 35.5. The molecule has 0 bridgehead atoms. The molecule has 0 amide bonds. The number of halogens is 5. The van der Waals surface area contributed by atoms with Crippen molar-refractivity contribution in [1.82, 2.24) is 0 Å². The van der Waals surface area contributed by atoms with Crippen molar-refractivity contribution in [1.29, 1.82) is 0 Å². The fourth-order valence-electron chi connectivity index (χ4n) is 2.71. The zero-order valence-corrected chi connectivity index (χ0v) is 18.1. The summed E-state index contributed by atoms with van der Waals surface area (Å²) < 4.78 is 51.4. The maximum Gasteiger partial charge on any atom is 0.420 e. The summed E-state index contributed by atoms with van der Waals surface area (Å²) in [7, 11) is 0. The van der Waals surface area contributed by atoms with Gasteiger partial charge < -0.3 is 9.47 Å². The second kappa shape index (κ2) is 9.77. The summed E-state index contributed by atoms with van der Waals surface area (Å²) in [6.45, 7) is 8.02. The molecule has 0 aliphatic heterocycles. The molecule has 0 radical (unpaired) electrons. The molecule has 0 N–H and O–H groups in total. The van der Waals surface area contributed by atoms with Crippen molar-refractivity contribution >= 4 is 23.2 Å². The monoisotopic (exact) mass is 446 g/mol. The van der Waals surface area contributed by atoms with Gasteiger partial charge in [-0.05, 0) is 53.3 Å². The van der Waals surface area contributed by atoms with Gasteiger partial charge in [-0.15, -0.1) is 0 Å². The van der Waals surface area contributed by atoms with E-state index in [1.165, 1.54) is 18.2 Å².